The summed E-state index contributed by atoms with van der Waals surface area (Å²) in [5.74, 6) is 13.9. The second-order valence-electron chi connectivity index (χ2n) is 6.61. The van der Waals surface area contributed by atoms with E-state index >= 15 is 0 Å². The van der Waals surface area contributed by atoms with Crippen molar-refractivity contribution in [3.63, 3.8) is 0 Å². The van der Waals surface area contributed by atoms with Crippen LogP contribution in [0.1, 0.15) is 22.3 Å². The minimum atomic E-state index is 0.676. The van der Waals surface area contributed by atoms with Crippen LogP contribution in [-0.4, -0.2) is 7.69 Å². The maximum atomic E-state index is 5.54. The zero-order valence-electron chi connectivity index (χ0n) is 16.8. The minimum absolute atomic E-state index is 0.676. The summed E-state index contributed by atoms with van der Waals surface area (Å²) < 4.78 is 11.1. The zero-order valence-corrected chi connectivity index (χ0v) is 16.8. The zero-order chi connectivity index (χ0) is 21.1. The third-order valence-corrected chi connectivity index (χ3v) is 4.33. The van der Waals surface area contributed by atoms with E-state index in [2.05, 4.69) is 23.7 Å². The molecule has 0 bridgehead atoms. The first-order chi connectivity index (χ1) is 15.3. The normalized spacial score (nSPS) is 9.42. The summed E-state index contributed by atoms with van der Waals surface area (Å²) in [5.41, 5.74) is 3.82. The Morgan fingerprint density at radius 3 is 1.06 bits per heavy atom. The van der Waals surface area contributed by atoms with E-state index in [-0.39, 0.29) is 0 Å². The maximum Gasteiger partial charge on any atom is 0.658 e. The Balaban J connectivity index is 1.27. The highest BCUT2D eigenvalue weighted by molar-refractivity contribution is 6.20. The van der Waals surface area contributed by atoms with E-state index in [4.69, 9.17) is 9.31 Å². The predicted octanol–water partition coefficient (Wildman–Crippen LogP) is 5.48. The van der Waals surface area contributed by atoms with E-state index in [9.17, 15) is 0 Å². The van der Waals surface area contributed by atoms with E-state index in [1.165, 1.54) is 7.69 Å². The van der Waals surface area contributed by atoms with Crippen molar-refractivity contribution in [3.8, 4) is 35.2 Å². The summed E-state index contributed by atoms with van der Waals surface area (Å²) in [7, 11) is 1.31. The van der Waals surface area contributed by atoms with Gasteiger partial charge in [0.1, 0.15) is 11.5 Å². The Bertz CT molecular complexity index is 1120. The molecule has 0 saturated heterocycles. The molecule has 4 aromatic rings. The molecule has 0 N–H and O–H groups in total. The molecule has 0 saturated carbocycles. The lowest BCUT2D eigenvalue weighted by Gasteiger charge is -2.06. The Hall–Kier alpha value is -4.34. The number of benzene rings is 4. The number of hydrogen-bond acceptors (Lipinski definition) is 2. The van der Waals surface area contributed by atoms with Gasteiger partial charge < -0.3 is 9.31 Å². The molecule has 1 radical (unpaired) electrons. The van der Waals surface area contributed by atoms with Crippen LogP contribution in [0.5, 0.6) is 11.5 Å². The average Bonchev–Trinajstić information content (AvgIpc) is 2.84. The van der Waals surface area contributed by atoms with E-state index in [1.807, 2.05) is 109 Å². The SMILES string of the molecule is [B](Oc1ccc(C#Cc2ccccc2)cc1)Oc1ccc(C#Cc2ccccc2)cc1. The smallest absolute Gasteiger partial charge is 0.526 e. The van der Waals surface area contributed by atoms with Crippen LogP contribution in [0.15, 0.2) is 109 Å². The Labute approximate surface area is 183 Å². The van der Waals surface area contributed by atoms with Crippen molar-refractivity contribution in [1.29, 1.82) is 0 Å². The van der Waals surface area contributed by atoms with E-state index in [0.717, 1.165) is 22.3 Å². The lowest BCUT2D eigenvalue weighted by molar-refractivity contribution is 0.459. The molecule has 4 aromatic carbocycles. The summed E-state index contributed by atoms with van der Waals surface area (Å²) in [5, 5.41) is 0. The van der Waals surface area contributed by atoms with Crippen molar-refractivity contribution >= 4 is 7.69 Å². The van der Waals surface area contributed by atoms with E-state index < -0.39 is 0 Å². The summed E-state index contributed by atoms with van der Waals surface area (Å²) in [6, 6.07) is 34.9. The second kappa shape index (κ2) is 10.4. The molecule has 0 unspecified atom stereocenters. The van der Waals surface area contributed by atoms with Gasteiger partial charge in [0.15, 0.2) is 0 Å². The number of hydrogen-bond donors (Lipinski definition) is 0. The van der Waals surface area contributed by atoms with Gasteiger partial charge in [-0.2, -0.15) is 0 Å². The highest BCUT2D eigenvalue weighted by atomic mass is 16.6. The summed E-state index contributed by atoms with van der Waals surface area (Å²) in [4.78, 5) is 0. The molecule has 3 heteroatoms. The first-order valence-electron chi connectivity index (χ1n) is 9.84. The van der Waals surface area contributed by atoms with Gasteiger partial charge in [0.2, 0.25) is 0 Å². The van der Waals surface area contributed by atoms with Gasteiger partial charge in [-0.15, -0.1) is 0 Å². The quantitative estimate of drug-likeness (QED) is 0.336. The van der Waals surface area contributed by atoms with E-state index in [1.54, 1.807) is 0 Å². The molecule has 0 aromatic heterocycles. The molecule has 0 aliphatic rings. The van der Waals surface area contributed by atoms with Crippen LogP contribution in [-0.2, 0) is 0 Å². The van der Waals surface area contributed by atoms with Crippen molar-refractivity contribution < 1.29 is 9.31 Å². The molecule has 2 nitrogen and oxygen atoms in total. The Morgan fingerprint density at radius 2 is 0.710 bits per heavy atom. The van der Waals surface area contributed by atoms with Crippen LogP contribution in [0.2, 0.25) is 0 Å². The van der Waals surface area contributed by atoms with Crippen LogP contribution in [0, 0.1) is 23.7 Å². The van der Waals surface area contributed by atoms with Crippen LogP contribution in [0.25, 0.3) is 0 Å². The minimum Gasteiger partial charge on any atom is -0.526 e. The van der Waals surface area contributed by atoms with Crippen molar-refractivity contribution in [2.24, 2.45) is 0 Å². The fraction of sp³-hybridized carbons (Fsp3) is 0. The molecule has 0 heterocycles. The fourth-order valence-electron chi connectivity index (χ4n) is 2.70. The van der Waals surface area contributed by atoms with Gasteiger partial charge >= 0.3 is 7.69 Å². The summed E-state index contributed by atoms with van der Waals surface area (Å²) >= 11 is 0. The Kier molecular flexibility index (Phi) is 6.72. The van der Waals surface area contributed by atoms with Gasteiger partial charge in [-0.1, -0.05) is 60.1 Å². The molecule has 0 amide bonds. The third-order valence-electron chi connectivity index (χ3n) is 4.33. The van der Waals surface area contributed by atoms with Crippen LogP contribution < -0.4 is 9.31 Å². The maximum absolute atomic E-state index is 5.54. The third kappa shape index (κ3) is 6.33. The van der Waals surface area contributed by atoms with Gasteiger partial charge in [0, 0.05) is 22.3 Å². The molecule has 31 heavy (non-hydrogen) atoms. The van der Waals surface area contributed by atoms with Gasteiger partial charge in [0.05, 0.1) is 0 Å². The summed E-state index contributed by atoms with van der Waals surface area (Å²) in [6.07, 6.45) is 0. The lowest BCUT2D eigenvalue weighted by atomic mass is 10.1. The van der Waals surface area contributed by atoms with Gasteiger partial charge in [-0.3, -0.25) is 0 Å². The van der Waals surface area contributed by atoms with E-state index in [0.29, 0.717) is 11.5 Å². The standard InChI is InChI=1S/C28H18BO2/c1-3-7-23(8-4-1)11-13-25-15-19-27(20-16-25)30-29-31-28-21-17-26(18-22-28)14-12-24-9-5-2-6-10-24/h1-10,15-22H. The largest absolute Gasteiger partial charge is 0.658 e. The molecule has 4 rings (SSSR count). The van der Waals surface area contributed by atoms with Crippen LogP contribution in [0.4, 0.5) is 0 Å². The van der Waals surface area contributed by atoms with Gasteiger partial charge in [0.25, 0.3) is 0 Å². The molecular weight excluding hydrogens is 379 g/mol. The highest BCUT2D eigenvalue weighted by Crippen LogP contribution is 2.14. The molecule has 0 aliphatic heterocycles. The Morgan fingerprint density at radius 1 is 0.387 bits per heavy atom. The fourth-order valence-corrected chi connectivity index (χ4v) is 2.70. The van der Waals surface area contributed by atoms with Crippen molar-refractivity contribution in [2.75, 3.05) is 0 Å². The molecule has 145 valence electrons. The van der Waals surface area contributed by atoms with Crippen molar-refractivity contribution in [3.05, 3.63) is 131 Å². The van der Waals surface area contributed by atoms with Gasteiger partial charge in [-0.05, 0) is 72.8 Å². The monoisotopic (exact) mass is 397 g/mol. The predicted molar refractivity (Wildman–Crippen MR) is 125 cm³/mol. The molecular formula is C28H18BO2. The first-order valence-corrected chi connectivity index (χ1v) is 9.84. The lowest BCUT2D eigenvalue weighted by Crippen LogP contribution is -2.10. The molecule has 0 fully saturated rings. The molecule has 0 spiro atoms. The number of rotatable bonds is 4. The summed E-state index contributed by atoms with van der Waals surface area (Å²) in [6.45, 7) is 0. The van der Waals surface area contributed by atoms with Crippen molar-refractivity contribution in [1.82, 2.24) is 0 Å². The highest BCUT2D eigenvalue weighted by Gasteiger charge is 2.02. The second-order valence-corrected chi connectivity index (χ2v) is 6.61. The van der Waals surface area contributed by atoms with Crippen LogP contribution >= 0.6 is 0 Å². The van der Waals surface area contributed by atoms with Crippen LogP contribution in [0.3, 0.4) is 0 Å². The molecule has 0 atom stereocenters. The topological polar surface area (TPSA) is 18.5 Å². The van der Waals surface area contributed by atoms with Crippen molar-refractivity contribution in [2.45, 2.75) is 0 Å². The molecule has 0 aliphatic carbocycles. The average molecular weight is 397 g/mol. The first kappa shape index (κ1) is 20.0. The van der Waals surface area contributed by atoms with Gasteiger partial charge in [-0.25, -0.2) is 0 Å².